The smallest absolute Gasteiger partial charge is 0.346 e. The molecule has 4 aliphatic rings. The van der Waals surface area contributed by atoms with E-state index in [2.05, 4.69) is 111 Å². The summed E-state index contributed by atoms with van der Waals surface area (Å²) < 4.78 is 0. The number of allylic oxidation sites excluding steroid dienone is 8. The second-order valence-electron chi connectivity index (χ2n) is 9.14. The van der Waals surface area contributed by atoms with Crippen molar-refractivity contribution in [2.45, 2.75) is 29.8 Å². The first-order valence-corrected chi connectivity index (χ1v) is 13.1. The van der Waals surface area contributed by atoms with E-state index in [1.165, 1.54) is 0 Å². The molecule has 2 aliphatic heterocycles. The molecular weight excluding hydrogens is 636 g/mol. The summed E-state index contributed by atoms with van der Waals surface area (Å²) in [5, 5.41) is 0.868. The Labute approximate surface area is 224 Å². The molecule has 34 heavy (non-hydrogen) atoms. The van der Waals surface area contributed by atoms with Crippen molar-refractivity contribution in [3.63, 3.8) is 0 Å². The van der Waals surface area contributed by atoms with Crippen LogP contribution in [0.4, 0.5) is 0 Å². The summed E-state index contributed by atoms with van der Waals surface area (Å²) >= 11 is 3.71. The Morgan fingerprint density at radius 2 is 1.12 bits per heavy atom. The molecule has 4 heterocycles. The van der Waals surface area contributed by atoms with Gasteiger partial charge in [0.05, 0.1) is 0 Å². The van der Waals surface area contributed by atoms with Crippen LogP contribution in [0.2, 0.25) is 0 Å². The van der Waals surface area contributed by atoms with Gasteiger partial charge in [0, 0.05) is 27.3 Å². The zero-order valence-electron chi connectivity index (χ0n) is 18.9. The summed E-state index contributed by atoms with van der Waals surface area (Å²) in [6.45, 7) is 4.42. The van der Waals surface area contributed by atoms with E-state index < -0.39 is 0 Å². The average molecular weight is 660 g/mol. The summed E-state index contributed by atoms with van der Waals surface area (Å²) in [7, 11) is 0. The summed E-state index contributed by atoms with van der Waals surface area (Å²) in [5.74, 6) is 0.683. The first kappa shape index (κ1) is 23.9. The van der Waals surface area contributed by atoms with Crippen molar-refractivity contribution in [3.8, 4) is 0 Å². The first-order chi connectivity index (χ1) is 16.1. The van der Waals surface area contributed by atoms with E-state index >= 15 is 0 Å². The van der Waals surface area contributed by atoms with Crippen LogP contribution < -0.4 is 0 Å². The van der Waals surface area contributed by atoms with Gasteiger partial charge in [-0.2, -0.15) is 23.5 Å². The molecule has 0 saturated heterocycles. The summed E-state index contributed by atoms with van der Waals surface area (Å²) in [4.78, 5) is 12.5. The topological polar surface area (TPSA) is 25.8 Å². The van der Waals surface area contributed by atoms with E-state index in [4.69, 9.17) is 9.97 Å². The maximum absolute atomic E-state index is 5.09. The Bertz CT molecular complexity index is 1190. The Hall–Kier alpha value is -1.87. The van der Waals surface area contributed by atoms with E-state index in [1.54, 1.807) is 0 Å². The average Bonchev–Trinajstić information content (AvgIpc) is 3.49. The van der Waals surface area contributed by atoms with Crippen molar-refractivity contribution < 1.29 is 21.1 Å². The molecule has 2 aliphatic carbocycles. The number of thioether (sulfide) groups is 2. The van der Waals surface area contributed by atoms with Crippen LogP contribution in [0.1, 0.15) is 36.6 Å². The molecule has 0 fully saturated rings. The molecule has 172 valence electrons. The number of aromatic nitrogens is 2. The van der Waals surface area contributed by atoms with Gasteiger partial charge in [-0.15, -0.1) is 21.9 Å². The molecular formula is C29H24N2PtS2. The molecule has 0 spiro atoms. The summed E-state index contributed by atoms with van der Waals surface area (Å²) in [6, 6.07) is 12.6. The minimum absolute atomic E-state index is 0. The van der Waals surface area contributed by atoms with Crippen LogP contribution in [0.5, 0.6) is 0 Å². The Kier molecular flexibility index (Phi) is 6.77. The van der Waals surface area contributed by atoms with Gasteiger partial charge in [-0.1, -0.05) is 84.0 Å². The fraction of sp³-hybridized carbons (Fsp3) is 0.241. The minimum Gasteiger partial charge on any atom is -0.346 e. The van der Waals surface area contributed by atoms with Crippen molar-refractivity contribution >= 4 is 33.3 Å². The van der Waals surface area contributed by atoms with Gasteiger partial charge >= 0.3 is 21.1 Å². The molecule has 0 amide bonds. The van der Waals surface area contributed by atoms with Crippen LogP contribution in [0, 0.1) is 24.0 Å². The maximum atomic E-state index is 5.09. The van der Waals surface area contributed by atoms with Crippen LogP contribution in [-0.4, -0.2) is 20.5 Å². The van der Waals surface area contributed by atoms with Crippen molar-refractivity contribution in [1.82, 2.24) is 9.97 Å². The molecule has 5 heteroatoms. The molecule has 0 saturated carbocycles. The fourth-order valence-electron chi connectivity index (χ4n) is 4.52. The molecule has 6 rings (SSSR count). The predicted molar refractivity (Wildman–Crippen MR) is 140 cm³/mol. The molecule has 0 aromatic carbocycles. The van der Waals surface area contributed by atoms with Gasteiger partial charge in [-0.3, -0.25) is 12.2 Å². The predicted octanol–water partition coefficient (Wildman–Crippen LogP) is 6.80. The Morgan fingerprint density at radius 1 is 0.676 bits per heavy atom. The third kappa shape index (κ3) is 4.41. The number of nitrogens with zero attached hydrogens (tertiary/aromatic N) is 2. The zero-order valence-corrected chi connectivity index (χ0v) is 22.8. The van der Waals surface area contributed by atoms with Crippen LogP contribution in [0.15, 0.2) is 85.0 Å². The van der Waals surface area contributed by atoms with Gasteiger partial charge in [0.25, 0.3) is 0 Å². The van der Waals surface area contributed by atoms with E-state index in [0.29, 0.717) is 22.3 Å². The molecule has 4 unspecified atom stereocenters. The van der Waals surface area contributed by atoms with Crippen molar-refractivity contribution in [3.05, 3.63) is 120 Å². The van der Waals surface area contributed by atoms with E-state index in [9.17, 15) is 0 Å². The largest absolute Gasteiger partial charge is 2.00 e. The number of hydrogen-bond acceptors (Lipinski definition) is 4. The number of hydrogen-bond donors (Lipinski definition) is 0. The maximum Gasteiger partial charge on any atom is 2.00 e. The van der Waals surface area contributed by atoms with Crippen LogP contribution in [0.25, 0.3) is 9.81 Å². The zero-order chi connectivity index (χ0) is 22.4. The van der Waals surface area contributed by atoms with E-state index in [0.717, 1.165) is 32.6 Å². The van der Waals surface area contributed by atoms with Crippen molar-refractivity contribution in [2.75, 3.05) is 0 Å². The van der Waals surface area contributed by atoms with Crippen molar-refractivity contribution in [1.29, 1.82) is 0 Å². The number of rotatable bonds is 4. The monoisotopic (exact) mass is 659 g/mol. The second kappa shape index (κ2) is 9.64. The van der Waals surface area contributed by atoms with Gasteiger partial charge < -0.3 is 9.97 Å². The van der Waals surface area contributed by atoms with Gasteiger partial charge in [0.15, 0.2) is 0 Å². The van der Waals surface area contributed by atoms with Crippen LogP contribution >= 0.6 is 23.5 Å². The van der Waals surface area contributed by atoms with Crippen molar-refractivity contribution in [2.24, 2.45) is 11.8 Å². The Balaban J connectivity index is 0.00000241. The second-order valence-corrected chi connectivity index (χ2v) is 11.5. The number of fused-ring (bicyclic) bond motifs is 2. The van der Waals surface area contributed by atoms with Gasteiger partial charge in [-0.25, -0.2) is 0 Å². The van der Waals surface area contributed by atoms with Crippen LogP contribution in [-0.2, 0) is 26.5 Å². The summed E-state index contributed by atoms with van der Waals surface area (Å²) in [6.07, 6.45) is 24.7. The van der Waals surface area contributed by atoms with Gasteiger partial charge in [0.1, 0.15) is 0 Å². The first-order valence-electron chi connectivity index (χ1n) is 11.3. The van der Waals surface area contributed by atoms with Gasteiger partial charge in [0.2, 0.25) is 0 Å². The summed E-state index contributed by atoms with van der Waals surface area (Å²) in [5.41, 5.74) is 3.74. The normalized spacial score (nSPS) is 26.5. The molecule has 4 atom stereocenters. The number of pyridine rings is 2. The SMILES string of the molecule is CC(C)(c1cccc(C2=[C-]C3C=CC=CC3S2)n1)c1cccc(C2=[C-]C3C=CC=CC3S2)n1.[Pt+2]. The molecule has 0 N–H and O–H groups in total. The quantitative estimate of drug-likeness (QED) is 0.338. The molecule has 2 aromatic heterocycles. The van der Waals surface area contributed by atoms with Crippen LogP contribution in [0.3, 0.4) is 0 Å². The fourth-order valence-corrected chi connectivity index (χ4v) is 6.89. The van der Waals surface area contributed by atoms with Gasteiger partial charge in [-0.05, 0) is 26.0 Å². The van der Waals surface area contributed by atoms with E-state index in [1.807, 2.05) is 23.5 Å². The minimum atomic E-state index is -0.321. The standard InChI is InChI=1S/C29H24N2S2.Pt/c1-29(2,27-15-7-11-21(30-27)25-17-19-9-3-5-13-23(19)32-25)28-16-8-12-22(31-28)26-18-20-10-4-6-14-24(20)33-26;/h3-16,19-20,23-24H,1-2H3;/q-2;+2. The third-order valence-corrected chi connectivity index (χ3v) is 9.09. The molecule has 2 aromatic rings. The Morgan fingerprint density at radius 3 is 1.56 bits per heavy atom. The molecule has 0 radical (unpaired) electrons. The molecule has 0 bridgehead atoms. The van der Waals surface area contributed by atoms with E-state index in [-0.39, 0.29) is 26.5 Å². The third-order valence-electron chi connectivity index (χ3n) is 6.52. The molecule has 2 nitrogen and oxygen atoms in total.